The molecule has 86 valence electrons. The van der Waals surface area contributed by atoms with Crippen molar-refractivity contribution < 1.29 is 4.92 Å². The lowest BCUT2D eigenvalue weighted by atomic mass is 10.1. The molecule has 0 radical (unpaired) electrons. The largest absolute Gasteiger partial charge is 0.367 e. The van der Waals surface area contributed by atoms with E-state index in [1.165, 1.54) is 6.33 Å². The van der Waals surface area contributed by atoms with Crippen LogP contribution in [0.3, 0.4) is 0 Å². The first kappa shape index (κ1) is 11.0. The smallest absolute Gasteiger partial charge is 0.337 e. The maximum absolute atomic E-state index is 11.1. The zero-order valence-electron chi connectivity index (χ0n) is 9.12. The van der Waals surface area contributed by atoms with Gasteiger partial charge in [0, 0.05) is 12.6 Å². The van der Waals surface area contributed by atoms with E-state index in [1.54, 1.807) is 31.3 Å². The van der Waals surface area contributed by atoms with E-state index in [-0.39, 0.29) is 11.5 Å². The van der Waals surface area contributed by atoms with Crippen molar-refractivity contribution in [2.75, 3.05) is 12.4 Å². The summed E-state index contributed by atoms with van der Waals surface area (Å²) in [5.74, 6) is 0.212. The fourth-order valence-corrected chi connectivity index (χ4v) is 1.54. The number of hydrogen-bond donors (Lipinski definition) is 1. The minimum absolute atomic E-state index is 0.110. The molecule has 1 aromatic heterocycles. The summed E-state index contributed by atoms with van der Waals surface area (Å²) in [4.78, 5) is 18.4. The molecule has 0 aliphatic heterocycles. The van der Waals surface area contributed by atoms with Gasteiger partial charge in [0.2, 0.25) is 5.82 Å². The summed E-state index contributed by atoms with van der Waals surface area (Å²) >= 11 is 0. The highest BCUT2D eigenvalue weighted by Crippen LogP contribution is 2.31. The first-order valence-corrected chi connectivity index (χ1v) is 4.96. The lowest BCUT2D eigenvalue weighted by Gasteiger charge is -2.05. The highest BCUT2D eigenvalue weighted by molar-refractivity contribution is 5.76. The van der Waals surface area contributed by atoms with Crippen LogP contribution >= 0.6 is 0 Å². The molecule has 0 fully saturated rings. The predicted molar refractivity (Wildman–Crippen MR) is 63.7 cm³/mol. The Labute approximate surface area is 97.5 Å². The van der Waals surface area contributed by atoms with Crippen molar-refractivity contribution in [3.8, 4) is 11.3 Å². The Kier molecular flexibility index (Phi) is 2.95. The number of benzene rings is 1. The van der Waals surface area contributed by atoms with Gasteiger partial charge in [-0.2, -0.15) is 0 Å². The van der Waals surface area contributed by atoms with Gasteiger partial charge in [-0.05, 0) is 0 Å². The molecule has 6 heteroatoms. The van der Waals surface area contributed by atoms with Gasteiger partial charge in [-0.3, -0.25) is 10.1 Å². The average molecular weight is 230 g/mol. The van der Waals surface area contributed by atoms with Crippen LogP contribution in [0, 0.1) is 10.1 Å². The third kappa shape index (κ3) is 2.05. The number of anilines is 1. The number of nitrogens with one attached hydrogen (secondary N) is 1. The number of hydrogen-bond acceptors (Lipinski definition) is 5. The van der Waals surface area contributed by atoms with Gasteiger partial charge in [0.15, 0.2) is 5.69 Å². The maximum atomic E-state index is 11.1. The monoisotopic (exact) mass is 230 g/mol. The first-order chi connectivity index (χ1) is 8.24. The highest BCUT2D eigenvalue weighted by atomic mass is 16.6. The molecule has 1 aromatic carbocycles. The highest BCUT2D eigenvalue weighted by Gasteiger charge is 2.22. The lowest BCUT2D eigenvalue weighted by Crippen LogP contribution is -2.02. The number of rotatable bonds is 3. The summed E-state index contributed by atoms with van der Waals surface area (Å²) in [6.07, 6.45) is 1.31. The standard InChI is InChI=1S/C11H10N4O2/c1-12-11-10(15(16)17)9(13-7-14-11)8-5-3-2-4-6-8/h2-7H,1H3,(H,12,13,14). The van der Waals surface area contributed by atoms with Gasteiger partial charge >= 0.3 is 5.69 Å². The van der Waals surface area contributed by atoms with Crippen molar-refractivity contribution in [2.45, 2.75) is 0 Å². The molecule has 0 saturated carbocycles. The fraction of sp³-hybridized carbons (Fsp3) is 0.0909. The Bertz CT molecular complexity index is 542. The lowest BCUT2D eigenvalue weighted by molar-refractivity contribution is -0.383. The normalized spacial score (nSPS) is 9.94. The van der Waals surface area contributed by atoms with E-state index in [9.17, 15) is 10.1 Å². The molecule has 1 heterocycles. The van der Waals surface area contributed by atoms with E-state index >= 15 is 0 Å². The van der Waals surface area contributed by atoms with Crippen molar-refractivity contribution in [3.63, 3.8) is 0 Å². The minimum Gasteiger partial charge on any atom is -0.367 e. The van der Waals surface area contributed by atoms with E-state index in [4.69, 9.17) is 0 Å². The molecule has 0 spiro atoms. The number of nitrogens with zero attached hydrogens (tertiary/aromatic N) is 3. The molecule has 0 aliphatic carbocycles. The SMILES string of the molecule is CNc1ncnc(-c2ccccc2)c1[N+](=O)[O-]. The molecule has 2 aromatic rings. The van der Waals surface area contributed by atoms with Crippen LogP contribution in [0.25, 0.3) is 11.3 Å². The zero-order valence-corrected chi connectivity index (χ0v) is 9.12. The third-order valence-electron chi connectivity index (χ3n) is 2.29. The van der Waals surface area contributed by atoms with Gasteiger partial charge in [0.25, 0.3) is 0 Å². The van der Waals surface area contributed by atoms with Crippen molar-refractivity contribution >= 4 is 11.5 Å². The molecule has 0 unspecified atom stereocenters. The predicted octanol–water partition coefficient (Wildman–Crippen LogP) is 2.09. The van der Waals surface area contributed by atoms with E-state index in [2.05, 4.69) is 15.3 Å². The van der Waals surface area contributed by atoms with Crippen LogP contribution in [0.4, 0.5) is 11.5 Å². The Morgan fingerprint density at radius 3 is 2.53 bits per heavy atom. The molecule has 0 amide bonds. The Morgan fingerprint density at radius 1 is 1.24 bits per heavy atom. The summed E-state index contributed by atoms with van der Waals surface area (Å²) < 4.78 is 0. The molecule has 2 rings (SSSR count). The quantitative estimate of drug-likeness (QED) is 0.645. The van der Waals surface area contributed by atoms with Crippen molar-refractivity contribution in [2.24, 2.45) is 0 Å². The summed E-state index contributed by atoms with van der Waals surface area (Å²) in [7, 11) is 1.59. The molecule has 0 aliphatic rings. The Morgan fingerprint density at radius 2 is 1.94 bits per heavy atom. The molecule has 6 nitrogen and oxygen atoms in total. The van der Waals surface area contributed by atoms with Crippen LogP contribution < -0.4 is 5.32 Å². The average Bonchev–Trinajstić information content (AvgIpc) is 2.38. The molecule has 0 atom stereocenters. The van der Waals surface area contributed by atoms with E-state index in [1.807, 2.05) is 6.07 Å². The van der Waals surface area contributed by atoms with E-state index in [0.717, 1.165) is 0 Å². The summed E-state index contributed by atoms with van der Waals surface area (Å²) in [6.45, 7) is 0. The molecular weight excluding hydrogens is 220 g/mol. The van der Waals surface area contributed by atoms with Gasteiger partial charge in [-0.25, -0.2) is 9.97 Å². The van der Waals surface area contributed by atoms with Crippen molar-refractivity contribution in [1.29, 1.82) is 0 Å². The van der Waals surface area contributed by atoms with Crippen molar-refractivity contribution in [3.05, 3.63) is 46.8 Å². The van der Waals surface area contributed by atoms with Gasteiger partial charge in [-0.15, -0.1) is 0 Å². The third-order valence-corrected chi connectivity index (χ3v) is 2.29. The van der Waals surface area contributed by atoms with Gasteiger partial charge in [-0.1, -0.05) is 30.3 Å². The zero-order chi connectivity index (χ0) is 12.3. The number of nitro groups is 1. The molecule has 0 bridgehead atoms. The minimum atomic E-state index is -0.478. The van der Waals surface area contributed by atoms with E-state index in [0.29, 0.717) is 11.3 Å². The van der Waals surface area contributed by atoms with Gasteiger partial charge in [0.1, 0.15) is 6.33 Å². The van der Waals surface area contributed by atoms with Crippen molar-refractivity contribution in [1.82, 2.24) is 9.97 Å². The molecule has 17 heavy (non-hydrogen) atoms. The van der Waals surface area contributed by atoms with Crippen LogP contribution in [0.5, 0.6) is 0 Å². The van der Waals surface area contributed by atoms with Crippen LogP contribution in [0.1, 0.15) is 0 Å². The second-order valence-corrected chi connectivity index (χ2v) is 3.29. The Hall–Kier alpha value is -2.50. The first-order valence-electron chi connectivity index (χ1n) is 4.96. The second-order valence-electron chi connectivity index (χ2n) is 3.29. The number of aromatic nitrogens is 2. The molecular formula is C11H10N4O2. The van der Waals surface area contributed by atoms with Gasteiger partial charge in [0.05, 0.1) is 4.92 Å². The van der Waals surface area contributed by atoms with E-state index < -0.39 is 4.92 Å². The molecule has 1 N–H and O–H groups in total. The fourth-order valence-electron chi connectivity index (χ4n) is 1.54. The van der Waals surface area contributed by atoms with Crippen LogP contribution in [-0.2, 0) is 0 Å². The summed E-state index contributed by atoms with van der Waals surface area (Å²) in [5.41, 5.74) is 0.897. The van der Waals surface area contributed by atoms with Crippen LogP contribution in [0.2, 0.25) is 0 Å². The summed E-state index contributed by atoms with van der Waals surface area (Å²) in [6, 6.07) is 9.00. The van der Waals surface area contributed by atoms with Crippen LogP contribution in [-0.4, -0.2) is 21.9 Å². The molecule has 0 saturated heterocycles. The summed E-state index contributed by atoms with van der Waals surface area (Å²) in [5, 5.41) is 13.8. The maximum Gasteiger partial charge on any atom is 0.337 e. The van der Waals surface area contributed by atoms with Gasteiger partial charge < -0.3 is 5.32 Å². The Balaban J connectivity index is 2.66. The second kappa shape index (κ2) is 4.56. The topological polar surface area (TPSA) is 81.0 Å². The van der Waals surface area contributed by atoms with Crippen LogP contribution in [0.15, 0.2) is 36.7 Å².